The summed E-state index contributed by atoms with van der Waals surface area (Å²) in [6.45, 7) is 1.44. The van der Waals surface area contributed by atoms with Crippen LogP contribution in [0.5, 0.6) is 0 Å². The number of hydrogen-bond acceptors (Lipinski definition) is 6. The molecule has 0 aromatic heterocycles. The number of carbonyl (C=O) groups excluding carboxylic acids is 3. The molecule has 9 nitrogen and oxygen atoms in total. The molecule has 0 unspecified atom stereocenters. The summed E-state index contributed by atoms with van der Waals surface area (Å²) in [5, 5.41) is 10.3. The van der Waals surface area contributed by atoms with Gasteiger partial charge in [-0.25, -0.2) is 18.4 Å². The van der Waals surface area contributed by atoms with E-state index in [0.29, 0.717) is 11.1 Å². The molecule has 0 aliphatic heterocycles. The molecule has 0 heterocycles. The van der Waals surface area contributed by atoms with Crippen molar-refractivity contribution in [2.45, 2.75) is 18.4 Å². The minimum absolute atomic E-state index is 0.0374. The number of rotatable bonds is 8. The number of ether oxygens (including phenoxy) is 1. The Labute approximate surface area is 197 Å². The number of nitrogens with two attached hydrogens (primary N) is 1. The highest BCUT2D eigenvalue weighted by atomic mass is 32.2. The van der Waals surface area contributed by atoms with Crippen molar-refractivity contribution in [3.05, 3.63) is 95.1 Å². The highest BCUT2D eigenvalue weighted by Gasteiger charge is 2.17. The highest BCUT2D eigenvalue weighted by Crippen LogP contribution is 2.18. The summed E-state index contributed by atoms with van der Waals surface area (Å²) in [4.78, 5) is 37.1. The Kier molecular flexibility index (Phi) is 7.77. The van der Waals surface area contributed by atoms with Gasteiger partial charge in [0.15, 0.2) is 6.61 Å². The van der Waals surface area contributed by atoms with Crippen molar-refractivity contribution in [1.29, 1.82) is 0 Å². The maximum Gasteiger partial charge on any atom is 0.340 e. The van der Waals surface area contributed by atoms with Crippen molar-refractivity contribution in [3.63, 3.8) is 0 Å². The minimum Gasteiger partial charge on any atom is -0.452 e. The van der Waals surface area contributed by atoms with Gasteiger partial charge in [0.25, 0.3) is 11.8 Å². The second kappa shape index (κ2) is 10.7. The summed E-state index contributed by atoms with van der Waals surface area (Å²) < 4.78 is 27.7. The first-order valence-corrected chi connectivity index (χ1v) is 11.7. The molecule has 0 spiro atoms. The summed E-state index contributed by atoms with van der Waals surface area (Å²) in [7, 11) is -3.80. The van der Waals surface area contributed by atoms with Gasteiger partial charge >= 0.3 is 5.97 Å². The zero-order valence-electron chi connectivity index (χ0n) is 18.3. The van der Waals surface area contributed by atoms with Crippen LogP contribution in [-0.4, -0.2) is 32.8 Å². The summed E-state index contributed by atoms with van der Waals surface area (Å²) in [6.07, 6.45) is 0. The number of primary sulfonamides is 1. The zero-order chi connectivity index (χ0) is 24.7. The molecular weight excluding hydrogens is 458 g/mol. The Hall–Kier alpha value is -4.02. The van der Waals surface area contributed by atoms with Crippen molar-refractivity contribution in [1.82, 2.24) is 5.32 Å². The molecule has 10 heteroatoms. The van der Waals surface area contributed by atoms with E-state index in [9.17, 15) is 22.8 Å². The number of amides is 2. The van der Waals surface area contributed by atoms with Crippen molar-refractivity contribution >= 4 is 33.5 Å². The fourth-order valence-corrected chi connectivity index (χ4v) is 3.52. The van der Waals surface area contributed by atoms with Crippen molar-refractivity contribution < 1.29 is 27.5 Å². The van der Waals surface area contributed by atoms with Crippen LogP contribution in [0.25, 0.3) is 0 Å². The molecule has 0 aliphatic carbocycles. The minimum atomic E-state index is -3.80. The van der Waals surface area contributed by atoms with Gasteiger partial charge in [-0.05, 0) is 48.9 Å². The van der Waals surface area contributed by atoms with Crippen molar-refractivity contribution in [2.75, 3.05) is 11.9 Å². The van der Waals surface area contributed by atoms with E-state index in [1.165, 1.54) is 30.3 Å². The largest absolute Gasteiger partial charge is 0.452 e. The SMILES string of the molecule is Cc1cccc(C(=O)Nc2ccccc2C(=O)OCC(=O)NCc2ccc(S(N)(=O)=O)cc2)c1. The number of para-hydroxylation sites is 1. The number of nitrogens with one attached hydrogen (secondary N) is 2. The predicted octanol–water partition coefficient (Wildman–Crippen LogP) is 2.37. The molecule has 34 heavy (non-hydrogen) atoms. The number of esters is 1. The molecule has 4 N–H and O–H groups in total. The molecule has 176 valence electrons. The molecule has 0 saturated heterocycles. The average Bonchev–Trinajstić information content (AvgIpc) is 2.81. The normalized spacial score (nSPS) is 10.9. The van der Waals surface area contributed by atoms with Gasteiger partial charge in [0, 0.05) is 12.1 Å². The molecule has 0 saturated carbocycles. The van der Waals surface area contributed by atoms with Gasteiger partial charge < -0.3 is 15.4 Å². The van der Waals surface area contributed by atoms with E-state index in [1.54, 1.807) is 36.4 Å². The second-order valence-electron chi connectivity index (χ2n) is 7.41. The van der Waals surface area contributed by atoms with Gasteiger partial charge in [-0.15, -0.1) is 0 Å². The summed E-state index contributed by atoms with van der Waals surface area (Å²) >= 11 is 0. The Bertz CT molecular complexity index is 1320. The number of aryl methyl sites for hydroxylation is 1. The molecule has 0 aliphatic rings. The molecule has 0 bridgehead atoms. The summed E-state index contributed by atoms with van der Waals surface area (Å²) in [6, 6.07) is 19.0. The van der Waals surface area contributed by atoms with E-state index < -0.39 is 28.5 Å². The van der Waals surface area contributed by atoms with Gasteiger partial charge in [0.05, 0.1) is 16.1 Å². The Morgan fingerprint density at radius 1 is 0.941 bits per heavy atom. The Morgan fingerprint density at radius 2 is 1.65 bits per heavy atom. The molecule has 3 aromatic carbocycles. The molecule has 3 aromatic rings. The summed E-state index contributed by atoms with van der Waals surface area (Å²) in [5.41, 5.74) is 2.37. The lowest BCUT2D eigenvalue weighted by Crippen LogP contribution is -2.28. The van der Waals surface area contributed by atoms with Crippen LogP contribution in [0.3, 0.4) is 0 Å². The van der Waals surface area contributed by atoms with Crippen LogP contribution in [0.4, 0.5) is 5.69 Å². The monoisotopic (exact) mass is 481 g/mol. The fourth-order valence-electron chi connectivity index (χ4n) is 3.01. The van der Waals surface area contributed by atoms with Gasteiger partial charge in [0.2, 0.25) is 10.0 Å². The van der Waals surface area contributed by atoms with Crippen LogP contribution < -0.4 is 15.8 Å². The Balaban J connectivity index is 1.55. The van der Waals surface area contributed by atoms with Crippen molar-refractivity contribution in [2.24, 2.45) is 5.14 Å². The third kappa shape index (κ3) is 6.74. The van der Waals surface area contributed by atoms with Gasteiger partial charge in [-0.2, -0.15) is 0 Å². The van der Waals surface area contributed by atoms with Gasteiger partial charge in [0.1, 0.15) is 0 Å². The lowest BCUT2D eigenvalue weighted by molar-refractivity contribution is -0.124. The Morgan fingerprint density at radius 3 is 2.32 bits per heavy atom. The average molecular weight is 482 g/mol. The van der Waals surface area contributed by atoms with E-state index in [0.717, 1.165) is 5.56 Å². The maximum absolute atomic E-state index is 12.5. The highest BCUT2D eigenvalue weighted by molar-refractivity contribution is 7.89. The number of anilines is 1. The van der Waals surface area contributed by atoms with E-state index in [-0.39, 0.29) is 28.6 Å². The number of benzene rings is 3. The number of hydrogen-bond donors (Lipinski definition) is 3. The quantitative estimate of drug-likeness (QED) is 0.421. The first-order chi connectivity index (χ1) is 16.1. The molecule has 0 fully saturated rings. The molecule has 2 amide bonds. The molecular formula is C24H23N3O6S. The third-order valence-corrected chi connectivity index (χ3v) is 5.68. The smallest absolute Gasteiger partial charge is 0.340 e. The fraction of sp³-hybridized carbons (Fsp3) is 0.125. The predicted molar refractivity (Wildman–Crippen MR) is 126 cm³/mol. The number of sulfonamides is 1. The van der Waals surface area contributed by atoms with Crippen LogP contribution in [0.15, 0.2) is 77.7 Å². The first kappa shape index (κ1) is 24.6. The van der Waals surface area contributed by atoms with Gasteiger partial charge in [-0.3, -0.25) is 9.59 Å². The molecule has 0 radical (unpaired) electrons. The topological polar surface area (TPSA) is 145 Å². The van der Waals surface area contributed by atoms with Crippen LogP contribution >= 0.6 is 0 Å². The van der Waals surface area contributed by atoms with Gasteiger partial charge in [-0.1, -0.05) is 42.0 Å². The zero-order valence-corrected chi connectivity index (χ0v) is 19.1. The third-order valence-electron chi connectivity index (χ3n) is 4.75. The first-order valence-electron chi connectivity index (χ1n) is 10.2. The van der Waals surface area contributed by atoms with Crippen LogP contribution in [0.2, 0.25) is 0 Å². The lowest BCUT2D eigenvalue weighted by Gasteiger charge is -2.11. The lowest BCUT2D eigenvalue weighted by atomic mass is 10.1. The van der Waals surface area contributed by atoms with E-state index in [4.69, 9.17) is 9.88 Å². The van der Waals surface area contributed by atoms with Crippen LogP contribution in [0, 0.1) is 6.92 Å². The number of carbonyl (C=O) groups is 3. The molecule has 0 atom stereocenters. The maximum atomic E-state index is 12.5. The standard InChI is InChI=1S/C24H23N3O6S/c1-16-5-4-6-18(13-16)23(29)27-21-8-3-2-7-20(21)24(30)33-15-22(28)26-14-17-9-11-19(12-10-17)34(25,31)32/h2-13H,14-15H2,1H3,(H,26,28)(H,27,29)(H2,25,31,32). The van der Waals surface area contributed by atoms with E-state index in [1.807, 2.05) is 13.0 Å². The molecule has 3 rings (SSSR count). The van der Waals surface area contributed by atoms with Crippen molar-refractivity contribution in [3.8, 4) is 0 Å². The van der Waals surface area contributed by atoms with E-state index in [2.05, 4.69) is 10.6 Å². The van der Waals surface area contributed by atoms with Crippen LogP contribution in [-0.2, 0) is 26.1 Å². The second-order valence-corrected chi connectivity index (χ2v) is 8.97. The van der Waals surface area contributed by atoms with E-state index >= 15 is 0 Å². The van der Waals surface area contributed by atoms with Crippen LogP contribution in [0.1, 0.15) is 31.8 Å². The summed E-state index contributed by atoms with van der Waals surface area (Å²) in [5.74, 6) is -1.70.